The van der Waals surface area contributed by atoms with E-state index in [1.807, 2.05) is 41.1 Å². The summed E-state index contributed by atoms with van der Waals surface area (Å²) in [6, 6.07) is 9.06. The van der Waals surface area contributed by atoms with Gasteiger partial charge in [-0.1, -0.05) is 24.3 Å². The van der Waals surface area contributed by atoms with Crippen LogP contribution in [0.5, 0.6) is 0 Å². The summed E-state index contributed by atoms with van der Waals surface area (Å²) in [5.74, 6) is 0. The molecule has 1 heterocycles. The Morgan fingerprint density at radius 2 is 2.00 bits per heavy atom. The summed E-state index contributed by atoms with van der Waals surface area (Å²) in [7, 11) is 0. The predicted molar refractivity (Wildman–Crippen MR) is 72.5 cm³/mol. The number of carbonyl (C=O) groups excluding carboxylic acids is 1. The second kappa shape index (κ2) is 6.18. The van der Waals surface area contributed by atoms with Gasteiger partial charge < -0.3 is 15.7 Å². The molecule has 0 bridgehead atoms. The van der Waals surface area contributed by atoms with Crippen molar-refractivity contribution in [2.24, 2.45) is 0 Å². The minimum Gasteiger partial charge on any atom is -0.392 e. The number of anilines is 1. The predicted octanol–water partition coefficient (Wildman–Crippen LogP) is 2.56. The monoisotopic (exact) mass is 262 g/mol. The fourth-order valence-electron chi connectivity index (χ4n) is 1.57. The number of aliphatic hydroxyl groups excluding tert-OH is 1. The summed E-state index contributed by atoms with van der Waals surface area (Å²) in [6.45, 7) is 0.372. The van der Waals surface area contributed by atoms with Crippen molar-refractivity contribution in [1.29, 1.82) is 0 Å². The molecule has 94 valence electrons. The third-order valence-corrected chi connectivity index (χ3v) is 3.19. The van der Waals surface area contributed by atoms with Crippen LogP contribution in [0.15, 0.2) is 41.1 Å². The van der Waals surface area contributed by atoms with E-state index in [1.165, 1.54) is 11.3 Å². The van der Waals surface area contributed by atoms with Gasteiger partial charge >= 0.3 is 6.03 Å². The molecule has 0 aliphatic rings. The van der Waals surface area contributed by atoms with Crippen molar-refractivity contribution in [2.75, 3.05) is 5.32 Å². The van der Waals surface area contributed by atoms with Crippen LogP contribution >= 0.6 is 11.3 Å². The Morgan fingerprint density at radius 1 is 1.22 bits per heavy atom. The van der Waals surface area contributed by atoms with Gasteiger partial charge in [-0.05, 0) is 22.6 Å². The molecular formula is C13H14N2O2S. The average molecular weight is 262 g/mol. The molecule has 0 aliphatic carbocycles. The maximum Gasteiger partial charge on any atom is 0.319 e. The number of amides is 2. The minimum absolute atomic E-state index is 0.0238. The summed E-state index contributed by atoms with van der Waals surface area (Å²) in [5, 5.41) is 18.4. The van der Waals surface area contributed by atoms with Crippen LogP contribution in [0.3, 0.4) is 0 Å². The van der Waals surface area contributed by atoms with E-state index in [9.17, 15) is 4.79 Å². The highest BCUT2D eigenvalue weighted by Gasteiger charge is 2.04. The molecule has 0 saturated heterocycles. The molecule has 0 spiro atoms. The van der Waals surface area contributed by atoms with Crippen LogP contribution in [0.25, 0.3) is 0 Å². The highest BCUT2D eigenvalue weighted by Crippen LogP contribution is 2.12. The smallest absolute Gasteiger partial charge is 0.319 e. The van der Waals surface area contributed by atoms with Crippen molar-refractivity contribution in [3.63, 3.8) is 0 Å². The van der Waals surface area contributed by atoms with Crippen molar-refractivity contribution < 1.29 is 9.90 Å². The van der Waals surface area contributed by atoms with E-state index >= 15 is 0 Å². The zero-order valence-corrected chi connectivity index (χ0v) is 10.5. The van der Waals surface area contributed by atoms with Crippen LogP contribution in [-0.2, 0) is 13.2 Å². The molecule has 0 aliphatic heterocycles. The highest BCUT2D eigenvalue weighted by atomic mass is 32.1. The van der Waals surface area contributed by atoms with Crippen LogP contribution in [-0.4, -0.2) is 11.1 Å². The third-order valence-electron chi connectivity index (χ3n) is 2.51. The molecule has 0 saturated carbocycles. The van der Waals surface area contributed by atoms with E-state index in [4.69, 9.17) is 5.11 Å². The zero-order valence-electron chi connectivity index (χ0n) is 9.72. The Hall–Kier alpha value is -1.85. The Morgan fingerprint density at radius 3 is 2.67 bits per heavy atom. The third kappa shape index (κ3) is 3.32. The summed E-state index contributed by atoms with van der Waals surface area (Å²) >= 11 is 1.53. The van der Waals surface area contributed by atoms with Gasteiger partial charge in [-0.2, -0.15) is 11.3 Å². The zero-order chi connectivity index (χ0) is 12.8. The molecule has 0 fully saturated rings. The lowest BCUT2D eigenvalue weighted by atomic mass is 10.1. The first-order chi connectivity index (χ1) is 8.79. The molecule has 0 radical (unpaired) electrons. The van der Waals surface area contributed by atoms with Crippen LogP contribution in [0.2, 0.25) is 0 Å². The van der Waals surface area contributed by atoms with E-state index < -0.39 is 0 Å². The molecule has 0 unspecified atom stereocenters. The van der Waals surface area contributed by atoms with Gasteiger partial charge in [-0.3, -0.25) is 0 Å². The number of hydrogen-bond donors (Lipinski definition) is 3. The van der Waals surface area contributed by atoms with E-state index in [2.05, 4.69) is 10.6 Å². The molecule has 2 amide bonds. The second-order valence-electron chi connectivity index (χ2n) is 3.75. The van der Waals surface area contributed by atoms with Crippen molar-refractivity contribution in [2.45, 2.75) is 13.2 Å². The SMILES string of the molecule is O=C(NCc1ccccc1CO)Nc1ccsc1. The highest BCUT2D eigenvalue weighted by molar-refractivity contribution is 7.08. The van der Waals surface area contributed by atoms with Gasteiger partial charge in [0, 0.05) is 11.9 Å². The van der Waals surface area contributed by atoms with Crippen LogP contribution in [0, 0.1) is 0 Å². The second-order valence-corrected chi connectivity index (χ2v) is 4.53. The van der Waals surface area contributed by atoms with Gasteiger partial charge in [-0.15, -0.1) is 0 Å². The lowest BCUT2D eigenvalue weighted by molar-refractivity contribution is 0.251. The summed E-state index contributed by atoms with van der Waals surface area (Å²) in [5.41, 5.74) is 2.53. The molecule has 3 N–H and O–H groups in total. The van der Waals surface area contributed by atoms with Crippen LogP contribution in [0.1, 0.15) is 11.1 Å². The fraction of sp³-hybridized carbons (Fsp3) is 0.154. The van der Waals surface area contributed by atoms with E-state index in [1.54, 1.807) is 0 Å². The Kier molecular flexibility index (Phi) is 4.33. The summed E-state index contributed by atoms with van der Waals surface area (Å²) < 4.78 is 0. The first kappa shape index (κ1) is 12.6. The van der Waals surface area contributed by atoms with E-state index in [-0.39, 0.29) is 12.6 Å². The molecule has 1 aromatic heterocycles. The molecule has 1 aromatic carbocycles. The fourth-order valence-corrected chi connectivity index (χ4v) is 2.16. The van der Waals surface area contributed by atoms with E-state index in [0.29, 0.717) is 6.54 Å². The van der Waals surface area contributed by atoms with Crippen molar-refractivity contribution in [3.05, 3.63) is 52.2 Å². The number of rotatable bonds is 4. The van der Waals surface area contributed by atoms with Gasteiger partial charge in [-0.25, -0.2) is 4.79 Å². The molecule has 2 aromatic rings. The Balaban J connectivity index is 1.89. The summed E-state index contributed by atoms with van der Waals surface area (Å²) in [6.07, 6.45) is 0. The van der Waals surface area contributed by atoms with Gasteiger partial charge in [0.2, 0.25) is 0 Å². The normalized spacial score (nSPS) is 10.1. The van der Waals surface area contributed by atoms with Crippen LogP contribution < -0.4 is 10.6 Å². The molecule has 5 heteroatoms. The molecule has 2 rings (SSSR count). The standard InChI is InChI=1S/C13H14N2O2S/c16-8-11-4-2-1-3-10(11)7-14-13(17)15-12-5-6-18-9-12/h1-6,9,16H,7-8H2,(H2,14,15,17). The van der Waals surface area contributed by atoms with Crippen molar-refractivity contribution in [1.82, 2.24) is 5.32 Å². The summed E-state index contributed by atoms with van der Waals surface area (Å²) in [4.78, 5) is 11.6. The number of nitrogens with one attached hydrogen (secondary N) is 2. The Bertz CT molecular complexity index is 511. The lowest BCUT2D eigenvalue weighted by Crippen LogP contribution is -2.28. The molecule has 0 atom stereocenters. The van der Waals surface area contributed by atoms with Gasteiger partial charge in [0.15, 0.2) is 0 Å². The number of aliphatic hydroxyl groups is 1. The minimum atomic E-state index is -0.249. The molecule has 4 nitrogen and oxygen atoms in total. The van der Waals surface area contributed by atoms with Crippen molar-refractivity contribution >= 4 is 23.1 Å². The number of carbonyl (C=O) groups is 1. The Labute approximate surface area is 109 Å². The van der Waals surface area contributed by atoms with Gasteiger partial charge in [0.05, 0.1) is 12.3 Å². The number of thiophene rings is 1. The first-order valence-electron chi connectivity index (χ1n) is 5.54. The van der Waals surface area contributed by atoms with Crippen LogP contribution in [0.4, 0.5) is 10.5 Å². The average Bonchev–Trinajstić information content (AvgIpc) is 2.89. The van der Waals surface area contributed by atoms with E-state index in [0.717, 1.165) is 16.8 Å². The largest absolute Gasteiger partial charge is 0.392 e. The van der Waals surface area contributed by atoms with Gasteiger partial charge in [0.25, 0.3) is 0 Å². The van der Waals surface area contributed by atoms with Crippen molar-refractivity contribution in [3.8, 4) is 0 Å². The maximum atomic E-state index is 11.6. The first-order valence-corrected chi connectivity index (χ1v) is 6.48. The molecule has 18 heavy (non-hydrogen) atoms. The quantitative estimate of drug-likeness (QED) is 0.793. The number of urea groups is 1. The lowest BCUT2D eigenvalue weighted by Gasteiger charge is -2.09. The number of benzene rings is 1. The number of hydrogen-bond acceptors (Lipinski definition) is 3. The topological polar surface area (TPSA) is 61.4 Å². The molecular weight excluding hydrogens is 248 g/mol. The van der Waals surface area contributed by atoms with Gasteiger partial charge in [0.1, 0.15) is 0 Å². The maximum absolute atomic E-state index is 11.6.